The number of nitrogen functional groups attached to an aromatic ring is 1. The maximum Gasteiger partial charge on any atom is 0.492 e. The smallest absolute Gasteiger partial charge is 0.492 e. The summed E-state index contributed by atoms with van der Waals surface area (Å²) in [5.41, 5.74) is 0.234. The number of hydrogen-bond acceptors (Lipinski definition) is 25. The van der Waals surface area contributed by atoms with E-state index in [1.807, 2.05) is 39.0 Å². The van der Waals surface area contributed by atoms with Gasteiger partial charge in [0, 0.05) is 16.6 Å². The highest BCUT2D eigenvalue weighted by atomic mass is 80.0. The van der Waals surface area contributed by atoms with Gasteiger partial charge in [-0.15, -0.1) is 94.5 Å². The van der Waals surface area contributed by atoms with Gasteiger partial charge in [0.25, 0.3) is 5.78 Å². The highest BCUT2D eigenvalue weighted by molar-refractivity contribution is 9.70. The van der Waals surface area contributed by atoms with Crippen molar-refractivity contribution in [3.63, 3.8) is 0 Å². The Morgan fingerprint density at radius 3 is 1.14 bits per heavy atom. The van der Waals surface area contributed by atoms with Gasteiger partial charge in [0.2, 0.25) is 0 Å². The molecule has 3 aromatic carbocycles. The molecule has 0 bridgehead atoms. The Balaban J connectivity index is 0.000000403. The lowest BCUT2D eigenvalue weighted by Crippen LogP contribution is -2.31. The van der Waals surface area contributed by atoms with E-state index in [1.54, 1.807) is 84.9 Å². The van der Waals surface area contributed by atoms with Crippen molar-refractivity contribution >= 4 is 195 Å². The van der Waals surface area contributed by atoms with Crippen LogP contribution in [0, 0.1) is 20.8 Å². The molecule has 0 aliphatic carbocycles. The van der Waals surface area contributed by atoms with E-state index < -0.39 is 101 Å². The van der Waals surface area contributed by atoms with Crippen molar-refractivity contribution in [3.8, 4) is 57.2 Å². The average Bonchev–Trinajstić information content (AvgIpc) is 1.64. The van der Waals surface area contributed by atoms with Crippen LogP contribution in [-0.2, 0) is 51.8 Å². The number of ether oxygens (including phenoxy) is 7. The van der Waals surface area contributed by atoms with Crippen LogP contribution in [0.3, 0.4) is 0 Å². The number of nitrogens with zero attached hydrogens (tertiary/aromatic N) is 11. The number of carbonyl (C=O) groups is 5. The second-order valence-corrected chi connectivity index (χ2v) is 38.8. The largest absolute Gasteiger partial charge is 0.507 e. The predicted molar refractivity (Wildman–Crippen MR) is 492 cm³/mol. The minimum atomic E-state index is -5.13. The van der Waals surface area contributed by atoms with Crippen molar-refractivity contribution in [2.45, 2.75) is 80.1 Å². The van der Waals surface area contributed by atoms with Crippen molar-refractivity contribution in [3.05, 3.63) is 247 Å². The zero-order valence-corrected chi connectivity index (χ0v) is 82.0. The van der Waals surface area contributed by atoms with Gasteiger partial charge in [-0.1, -0.05) is 118 Å². The molecule has 11 aromatic rings. The number of carbonyl (C=O) groups excluding carboxylic acids is 5. The molecule has 0 amide bonds. The molecule has 0 aliphatic heterocycles. The fraction of sp³-hybridized carbons (Fsp3) is 0.244. The van der Waals surface area contributed by atoms with Crippen molar-refractivity contribution in [1.29, 1.82) is 0 Å². The number of pyridine rings is 5. The molecule has 0 saturated carbocycles. The number of esters is 4. The van der Waals surface area contributed by atoms with Gasteiger partial charge in [0.1, 0.15) is 72.2 Å². The number of nitrogens with one attached hydrogen (secondary N) is 1. The lowest BCUT2D eigenvalue weighted by Gasteiger charge is -2.13. The molecule has 6 N–H and O–H groups in total. The molecule has 28 nitrogen and oxygen atoms in total. The van der Waals surface area contributed by atoms with Gasteiger partial charge in [0.15, 0.2) is 34.5 Å². The SMILES string of the molecule is BrB(Br)Br.BrB(Br)Br.CCO/C=C(/C(=O)OCC)C(=O)C(F)(F)F.CCOC(=O)c1cnn(-c2cccc(-c3cc(C)ccc3O)n2)c1C(F)(F)F.CCOC(=O)c1cnn(-c2cccc(-c3cc(C)ccc3OC)n2)c1C(F)(F)F.CCOC(=O)c1cnn(-c2cccc(Cl)n2)c1C(F)(F)F.COc1ccc(C)cc1B(O)O.Clc1cccc(Cl)n1.NNc1cccc(Cl)n1. The van der Waals surface area contributed by atoms with E-state index in [2.05, 4.69) is 159 Å². The predicted octanol–water partition coefficient (Wildman–Crippen LogP) is 20.7. The van der Waals surface area contributed by atoms with E-state index in [0.717, 1.165) is 35.3 Å². The summed E-state index contributed by atoms with van der Waals surface area (Å²) < 4.78 is 193. The molecule has 0 unspecified atom stereocenters. The number of hydrazine groups is 1. The Labute approximate surface area is 811 Å². The van der Waals surface area contributed by atoms with Gasteiger partial charge in [-0.2, -0.15) is 68.0 Å². The number of aromatic nitrogens is 11. The van der Waals surface area contributed by atoms with Crippen molar-refractivity contribution in [2.24, 2.45) is 5.84 Å². The third-order valence-corrected chi connectivity index (χ3v) is 15.9. The number of aromatic hydroxyl groups is 1. The normalized spacial score (nSPS) is 10.8. The number of phenolic OH excluding ortho intramolecular Hbond substituents is 1. The summed E-state index contributed by atoms with van der Waals surface area (Å²) in [6.07, 6.45) is -16.7. The summed E-state index contributed by atoms with van der Waals surface area (Å²) in [6, 6.07) is 38.9. The monoisotopic (exact) mass is 2310 g/mol. The standard InChI is InChI=1S/C20H18F3N3O3.C19H16F3N3O3.C12H9ClF3N3O2.C9H11F3O4.C8H11BO3.C5H3Cl2N.C5H6ClN3.2BBr3/c1-4-29-19(27)14-11-24-26(18(14)20(21,22)23)17-7-5-6-15(25-17)13-10-12(2)8-9-16(13)28-3;1-3-28-18(27)13-10-23-25(17(13)19(20,21)22)16-6-4-5-14(24-16)12-9-11(2)7-8-15(12)26;1-2-21-11(20)7-6-17-19(10(7)12(14,15)16)9-5-3-4-8(13)18-9;1-3-15-5-6(8(14)16-4-2)7(13)9(10,11)12;1-6-3-4-8(12-2)7(5-6)9(10)11;6-4-2-1-3-5(7)8-4;6-4-2-1-3-5(8-4)9-7;2*2-1(3)4/h5-11H,4H2,1-3H3;4-10,26H,3H2,1-2H3;3-6H,2H2,1H3;5H,3-4H2,1-2H3;3-5,10-11H,1-2H3;1-3H;1-3H,7H2,(H,8,9);;/b;;;6-5+;;;;;. The number of benzene rings is 3. The van der Waals surface area contributed by atoms with Crippen molar-refractivity contribution in [1.82, 2.24) is 54.3 Å². The molecule has 0 atom stereocenters. The molecule has 11 rings (SSSR count). The lowest BCUT2D eigenvalue weighted by molar-refractivity contribution is -0.169. The number of rotatable bonds is 20. The van der Waals surface area contributed by atoms with Gasteiger partial charge in [-0.05, 0) is 146 Å². The Morgan fingerprint density at radius 2 is 0.802 bits per heavy atom. The molecule has 131 heavy (non-hydrogen) atoms. The van der Waals surface area contributed by atoms with Crippen LogP contribution < -0.4 is 26.2 Å². The maximum atomic E-state index is 13.7. The van der Waals surface area contributed by atoms with Crippen LogP contribution in [0.1, 0.15) is 99.5 Å². The van der Waals surface area contributed by atoms with Crippen LogP contribution in [0.5, 0.6) is 17.2 Å². The van der Waals surface area contributed by atoms with Crippen LogP contribution in [0.2, 0.25) is 20.6 Å². The number of halogens is 22. The Kier molecular flexibility index (Phi) is 50.0. The highest BCUT2D eigenvalue weighted by Gasteiger charge is 2.46. The minimum absolute atomic E-state index is 0.00816. The van der Waals surface area contributed by atoms with E-state index in [9.17, 15) is 81.8 Å². The number of phenols is 1. The van der Waals surface area contributed by atoms with E-state index in [0.29, 0.717) is 75.4 Å². The highest BCUT2D eigenvalue weighted by Crippen LogP contribution is 2.39. The van der Waals surface area contributed by atoms with Gasteiger partial charge in [-0.3, -0.25) is 4.79 Å². The third-order valence-electron chi connectivity index (χ3n) is 15.1. The maximum absolute atomic E-state index is 13.7. The average molecular weight is 2320 g/mol. The first-order chi connectivity index (χ1) is 61.4. The summed E-state index contributed by atoms with van der Waals surface area (Å²) in [5, 5.41) is 40.3. The number of methoxy groups -OCH3 is 2. The van der Waals surface area contributed by atoms with Gasteiger partial charge in [-0.25, -0.2) is 64.0 Å². The van der Waals surface area contributed by atoms with E-state index in [1.165, 1.54) is 91.3 Å². The second kappa shape index (κ2) is 56.6. The first-order valence-electron chi connectivity index (χ1n) is 36.7. The number of aryl methyl sites for hydroxylation is 3. The quantitative estimate of drug-likeness (QED) is 0.00404. The van der Waals surface area contributed by atoms with Gasteiger partial charge in [0.05, 0.1) is 77.2 Å². The van der Waals surface area contributed by atoms with E-state index >= 15 is 0 Å². The Hall–Kier alpha value is -9.40. The first kappa shape index (κ1) is 116. The van der Waals surface area contributed by atoms with Gasteiger partial charge >= 0.3 is 62.1 Å². The van der Waals surface area contributed by atoms with Crippen molar-refractivity contribution in [2.75, 3.05) is 52.7 Å². The molecule has 8 aromatic heterocycles. The number of Topliss-reactive ketones (excluding diaryl/α,β-unsaturated/α-hetero) is 1. The Bertz CT molecular complexity index is 5560. The first-order valence-corrected chi connectivity index (χ1v) is 43.7. The molecular formula is C78H74B3Br6Cl4F12N13O15. The van der Waals surface area contributed by atoms with Gasteiger partial charge < -0.3 is 53.7 Å². The summed E-state index contributed by atoms with van der Waals surface area (Å²) in [7, 11) is 1.52. The number of hydrogen-bond donors (Lipinski definition) is 5. The summed E-state index contributed by atoms with van der Waals surface area (Å²) in [4.78, 5) is 77.1. The van der Waals surface area contributed by atoms with Crippen LogP contribution in [-0.4, -0.2) is 166 Å². The van der Waals surface area contributed by atoms with E-state index in [4.69, 9.17) is 76.5 Å². The summed E-state index contributed by atoms with van der Waals surface area (Å²) >= 11 is 40.7. The third kappa shape index (κ3) is 39.0. The number of alkyl halides is 12. The molecule has 0 radical (unpaired) electrons. The molecule has 0 spiro atoms. The number of anilines is 1. The summed E-state index contributed by atoms with van der Waals surface area (Å²) in [5.74, 6) is -0.736. The molecule has 53 heteroatoms. The number of nitrogens with two attached hydrogens (primary N) is 1. The molecule has 704 valence electrons. The molecular weight excluding hydrogens is 2240 g/mol. The second-order valence-electron chi connectivity index (χ2n) is 24.3. The van der Waals surface area contributed by atoms with Crippen LogP contribution >= 0.6 is 141 Å². The molecule has 0 fully saturated rings. The van der Waals surface area contributed by atoms with Crippen LogP contribution in [0.4, 0.5) is 58.5 Å². The molecule has 0 saturated heterocycles. The van der Waals surface area contributed by atoms with E-state index in [-0.39, 0.29) is 73.5 Å². The fourth-order valence-electron chi connectivity index (χ4n) is 9.88. The lowest BCUT2D eigenvalue weighted by atomic mass is 9.79. The zero-order valence-electron chi connectivity index (χ0n) is 69.5. The van der Waals surface area contributed by atoms with Crippen molar-refractivity contribution < 1.29 is 125 Å². The topological polar surface area (TPSA) is 367 Å². The van der Waals surface area contributed by atoms with Crippen LogP contribution in [0.25, 0.3) is 40.0 Å². The zero-order chi connectivity index (χ0) is 99.0. The Morgan fingerprint density at radius 1 is 0.458 bits per heavy atom. The molecule has 0 aliphatic rings. The minimum Gasteiger partial charge on any atom is -0.507 e. The number of ketones is 1. The summed E-state index contributed by atoms with van der Waals surface area (Å²) in [6.45, 7) is 12.7. The fourth-order valence-corrected chi connectivity index (χ4v) is 10.6. The molecule has 8 heterocycles. The van der Waals surface area contributed by atoms with Crippen LogP contribution in [0.15, 0.2) is 176 Å².